The zero-order valence-electron chi connectivity index (χ0n) is 9.04. The summed E-state index contributed by atoms with van der Waals surface area (Å²) in [4.78, 5) is 5.74. The van der Waals surface area contributed by atoms with E-state index in [1.54, 1.807) is 0 Å². The highest BCUT2D eigenvalue weighted by molar-refractivity contribution is 7.97. The van der Waals surface area contributed by atoms with E-state index < -0.39 is 0 Å². The molecule has 1 aromatic heterocycles. The monoisotopic (exact) mass is 230 g/mol. The van der Waals surface area contributed by atoms with Crippen molar-refractivity contribution < 1.29 is 0 Å². The molecule has 0 aromatic carbocycles. The van der Waals surface area contributed by atoms with Crippen LogP contribution in [0.25, 0.3) is 0 Å². The normalized spacial score (nSPS) is 13.1. The zero-order valence-corrected chi connectivity index (χ0v) is 10.7. The average molecular weight is 230 g/mol. The van der Waals surface area contributed by atoms with Gasteiger partial charge in [-0.1, -0.05) is 6.92 Å². The highest BCUT2D eigenvalue weighted by Gasteiger charge is 2.08. The smallest absolute Gasteiger partial charge is 0.103 e. The van der Waals surface area contributed by atoms with Gasteiger partial charge in [0.1, 0.15) is 5.01 Å². The molecule has 0 fully saturated rings. The quantitative estimate of drug-likeness (QED) is 0.813. The fourth-order valence-corrected chi connectivity index (χ4v) is 2.83. The van der Waals surface area contributed by atoms with E-state index in [0.29, 0.717) is 6.04 Å². The van der Waals surface area contributed by atoms with Gasteiger partial charge in [-0.05, 0) is 26.1 Å². The summed E-state index contributed by atoms with van der Waals surface area (Å²) in [6.45, 7) is 5.47. The highest BCUT2D eigenvalue weighted by Crippen LogP contribution is 2.22. The van der Waals surface area contributed by atoms with Gasteiger partial charge in [-0.15, -0.1) is 11.3 Å². The molecule has 4 heteroatoms. The molecular weight excluding hydrogens is 212 g/mol. The number of nitrogens with one attached hydrogen (secondary N) is 1. The van der Waals surface area contributed by atoms with Crippen molar-refractivity contribution in [3.63, 3.8) is 0 Å². The topological polar surface area (TPSA) is 24.9 Å². The first-order valence-corrected chi connectivity index (χ1v) is 7.15. The van der Waals surface area contributed by atoms with Crippen molar-refractivity contribution in [1.82, 2.24) is 10.3 Å². The predicted octanol–water partition coefficient (Wildman–Crippen LogP) is 3.07. The van der Waals surface area contributed by atoms with E-state index in [9.17, 15) is 0 Å². The summed E-state index contributed by atoms with van der Waals surface area (Å²) in [7, 11) is 0. The van der Waals surface area contributed by atoms with Crippen molar-refractivity contribution in [1.29, 1.82) is 0 Å². The van der Waals surface area contributed by atoms with E-state index in [0.717, 1.165) is 12.3 Å². The van der Waals surface area contributed by atoms with Crippen LogP contribution in [0.3, 0.4) is 0 Å². The van der Waals surface area contributed by atoms with Gasteiger partial charge in [-0.2, -0.15) is 11.8 Å². The lowest BCUT2D eigenvalue weighted by Gasteiger charge is -2.09. The number of thiazole rings is 1. The molecule has 1 atom stereocenters. The largest absolute Gasteiger partial charge is 0.309 e. The highest BCUT2D eigenvalue weighted by atomic mass is 32.2. The van der Waals surface area contributed by atoms with Crippen LogP contribution in [0.5, 0.6) is 0 Å². The average Bonchev–Trinajstić information content (AvgIpc) is 2.63. The summed E-state index contributed by atoms with van der Waals surface area (Å²) in [6.07, 6.45) is 5.30. The molecule has 1 unspecified atom stereocenters. The number of hydrogen-bond donors (Lipinski definition) is 1. The second-order valence-corrected chi connectivity index (χ2v) is 5.28. The van der Waals surface area contributed by atoms with E-state index in [1.807, 2.05) is 29.3 Å². The number of hydrogen-bond acceptors (Lipinski definition) is 4. The van der Waals surface area contributed by atoms with Crippen LogP contribution in [0.1, 0.15) is 36.2 Å². The minimum Gasteiger partial charge on any atom is -0.309 e. The molecule has 0 radical (unpaired) electrons. The van der Waals surface area contributed by atoms with Crippen LogP contribution in [0, 0.1) is 0 Å². The molecule has 1 rings (SSSR count). The maximum absolute atomic E-state index is 4.39. The molecule has 0 bridgehead atoms. The molecule has 1 heterocycles. The number of rotatable bonds is 6. The number of nitrogens with zero attached hydrogens (tertiary/aromatic N) is 1. The molecule has 0 spiro atoms. The molecule has 0 aliphatic rings. The predicted molar refractivity (Wildman–Crippen MR) is 66.0 cm³/mol. The number of thioether (sulfide) groups is 1. The lowest BCUT2D eigenvalue weighted by atomic mass is 10.3. The van der Waals surface area contributed by atoms with E-state index >= 15 is 0 Å². The standard InChI is InChI=1S/C10H18N2S2/c1-4-5-11-8(2)9-6-12-10(14-9)7-13-3/h6,8,11H,4-5,7H2,1-3H3. The molecule has 2 nitrogen and oxygen atoms in total. The summed E-state index contributed by atoms with van der Waals surface area (Å²) in [6, 6.07) is 0.447. The Balaban J connectivity index is 2.48. The van der Waals surface area contributed by atoms with E-state index in [-0.39, 0.29) is 0 Å². The van der Waals surface area contributed by atoms with Crippen molar-refractivity contribution >= 4 is 23.1 Å². The first kappa shape index (κ1) is 12.0. The minimum atomic E-state index is 0.447. The minimum absolute atomic E-state index is 0.447. The molecule has 0 saturated heterocycles. The van der Waals surface area contributed by atoms with Crippen LogP contribution in [0.4, 0.5) is 0 Å². The number of aromatic nitrogens is 1. The Morgan fingerprint density at radius 2 is 2.43 bits per heavy atom. The van der Waals surface area contributed by atoms with E-state index in [4.69, 9.17) is 0 Å². The fraction of sp³-hybridized carbons (Fsp3) is 0.700. The van der Waals surface area contributed by atoms with Gasteiger partial charge in [0.25, 0.3) is 0 Å². The lowest BCUT2D eigenvalue weighted by Crippen LogP contribution is -2.18. The Morgan fingerprint density at radius 1 is 1.64 bits per heavy atom. The second kappa shape index (κ2) is 6.43. The van der Waals surface area contributed by atoms with Gasteiger partial charge in [-0.25, -0.2) is 4.98 Å². The summed E-state index contributed by atoms with van der Waals surface area (Å²) >= 11 is 3.65. The Bertz CT molecular complexity index is 260. The molecule has 0 aliphatic carbocycles. The van der Waals surface area contributed by atoms with Crippen molar-refractivity contribution in [3.05, 3.63) is 16.1 Å². The maximum Gasteiger partial charge on any atom is 0.103 e. The summed E-state index contributed by atoms with van der Waals surface area (Å²) in [5, 5.41) is 4.70. The molecule has 1 aromatic rings. The Kier molecular flexibility index (Phi) is 5.52. The van der Waals surface area contributed by atoms with Gasteiger partial charge in [0.05, 0.1) is 0 Å². The summed E-state index contributed by atoms with van der Waals surface area (Å²) in [5.41, 5.74) is 0. The third kappa shape index (κ3) is 3.59. The SMILES string of the molecule is CCCNC(C)c1cnc(CSC)s1. The molecule has 80 valence electrons. The molecule has 0 saturated carbocycles. The molecule has 0 aliphatic heterocycles. The van der Waals surface area contributed by atoms with Gasteiger partial charge in [0.2, 0.25) is 0 Å². The Morgan fingerprint density at radius 3 is 3.07 bits per heavy atom. The molecule has 0 amide bonds. The van der Waals surface area contributed by atoms with Crippen molar-refractivity contribution in [2.45, 2.75) is 32.1 Å². The summed E-state index contributed by atoms with van der Waals surface area (Å²) in [5.74, 6) is 1.03. The molecule has 1 N–H and O–H groups in total. The van der Waals surface area contributed by atoms with Gasteiger partial charge >= 0.3 is 0 Å². The van der Waals surface area contributed by atoms with Gasteiger partial charge in [0, 0.05) is 22.9 Å². The van der Waals surface area contributed by atoms with Crippen molar-refractivity contribution in [3.8, 4) is 0 Å². The van der Waals surface area contributed by atoms with E-state index in [1.165, 1.54) is 16.3 Å². The Hall–Kier alpha value is -0.0600. The van der Waals surface area contributed by atoms with Crippen LogP contribution in [0.2, 0.25) is 0 Å². The third-order valence-electron chi connectivity index (χ3n) is 1.97. The van der Waals surface area contributed by atoms with Gasteiger partial charge < -0.3 is 5.32 Å². The molecular formula is C10H18N2S2. The van der Waals surface area contributed by atoms with Crippen LogP contribution >= 0.6 is 23.1 Å². The van der Waals surface area contributed by atoms with Crippen molar-refractivity contribution in [2.24, 2.45) is 0 Å². The second-order valence-electron chi connectivity index (χ2n) is 3.27. The van der Waals surface area contributed by atoms with Crippen molar-refractivity contribution in [2.75, 3.05) is 12.8 Å². The third-order valence-corrected chi connectivity index (χ3v) is 3.89. The van der Waals surface area contributed by atoms with Crippen LogP contribution in [0.15, 0.2) is 6.20 Å². The lowest BCUT2D eigenvalue weighted by molar-refractivity contribution is 0.577. The maximum atomic E-state index is 4.39. The summed E-state index contributed by atoms with van der Waals surface area (Å²) < 4.78 is 0. The Labute approximate surface area is 94.5 Å². The first-order valence-electron chi connectivity index (χ1n) is 4.94. The van der Waals surface area contributed by atoms with E-state index in [2.05, 4.69) is 30.4 Å². The van der Waals surface area contributed by atoms with Crippen LogP contribution in [-0.4, -0.2) is 17.8 Å². The zero-order chi connectivity index (χ0) is 10.4. The van der Waals surface area contributed by atoms with Gasteiger partial charge in [0.15, 0.2) is 0 Å². The van der Waals surface area contributed by atoms with Gasteiger partial charge in [-0.3, -0.25) is 0 Å². The first-order chi connectivity index (χ1) is 6.77. The van der Waals surface area contributed by atoms with Crippen LogP contribution in [-0.2, 0) is 5.75 Å². The van der Waals surface area contributed by atoms with Crippen LogP contribution < -0.4 is 5.32 Å². The fourth-order valence-electron chi connectivity index (χ4n) is 1.18. The molecule has 14 heavy (non-hydrogen) atoms.